The van der Waals surface area contributed by atoms with Crippen molar-refractivity contribution in [1.82, 2.24) is 4.90 Å². The van der Waals surface area contributed by atoms with Crippen molar-refractivity contribution in [1.29, 1.82) is 0 Å². The molecule has 0 spiro atoms. The minimum atomic E-state index is -0.405. The number of carbonyl (C=O) groups excluding carboxylic acids is 1. The summed E-state index contributed by atoms with van der Waals surface area (Å²) in [6.07, 6.45) is -0.405. The molecule has 0 aliphatic rings. The van der Waals surface area contributed by atoms with E-state index in [1.807, 2.05) is 11.9 Å². The van der Waals surface area contributed by atoms with E-state index >= 15 is 0 Å². The van der Waals surface area contributed by atoms with E-state index in [-0.39, 0.29) is 5.97 Å². The van der Waals surface area contributed by atoms with E-state index in [0.717, 1.165) is 5.56 Å². The molecule has 0 radical (unpaired) electrons. The number of hydrogen-bond acceptors (Lipinski definition) is 4. The number of aliphatic hydroxyl groups is 1. The van der Waals surface area contributed by atoms with Crippen LogP contribution in [0, 0.1) is 0 Å². The highest BCUT2D eigenvalue weighted by Gasteiger charge is 2.11. The molecule has 0 amide bonds. The van der Waals surface area contributed by atoms with Gasteiger partial charge in [-0.05, 0) is 37.7 Å². The average molecular weight is 272 g/mol. The summed E-state index contributed by atoms with van der Waals surface area (Å²) in [5.41, 5.74) is 1.31. The number of nitrogens with zero attached hydrogens (tertiary/aromatic N) is 1. The first kappa shape index (κ1) is 15.0. The van der Waals surface area contributed by atoms with Crippen LogP contribution < -0.4 is 0 Å². The molecule has 0 saturated carbocycles. The maximum Gasteiger partial charge on any atom is 0.337 e. The SMILES string of the molecule is COC(=O)c1ccc(Cl)c(CN(C)CC(C)O)c1. The van der Waals surface area contributed by atoms with Crippen molar-refractivity contribution in [2.45, 2.75) is 19.6 Å². The topological polar surface area (TPSA) is 49.8 Å². The number of likely N-dealkylation sites (N-methyl/N-ethyl adjacent to an activating group) is 1. The molecule has 1 atom stereocenters. The van der Waals surface area contributed by atoms with E-state index in [1.54, 1.807) is 25.1 Å². The predicted octanol–water partition coefficient (Wildman–Crippen LogP) is 1.94. The Balaban J connectivity index is 2.84. The normalized spacial score (nSPS) is 12.6. The zero-order valence-electron chi connectivity index (χ0n) is 10.8. The Hall–Kier alpha value is -1.10. The number of ether oxygens (including phenoxy) is 1. The Morgan fingerprint density at radius 2 is 2.22 bits per heavy atom. The van der Waals surface area contributed by atoms with E-state index in [1.165, 1.54) is 7.11 Å². The zero-order valence-corrected chi connectivity index (χ0v) is 11.6. The first-order valence-corrected chi connectivity index (χ1v) is 6.05. The Morgan fingerprint density at radius 3 is 2.78 bits per heavy atom. The van der Waals surface area contributed by atoms with E-state index in [9.17, 15) is 9.90 Å². The van der Waals surface area contributed by atoms with Crippen LogP contribution in [0.15, 0.2) is 18.2 Å². The monoisotopic (exact) mass is 271 g/mol. The highest BCUT2D eigenvalue weighted by molar-refractivity contribution is 6.31. The third-order valence-electron chi connectivity index (χ3n) is 2.48. The number of methoxy groups -OCH3 is 1. The summed E-state index contributed by atoms with van der Waals surface area (Å²) in [6, 6.07) is 5.03. The number of rotatable bonds is 5. The maximum absolute atomic E-state index is 11.4. The lowest BCUT2D eigenvalue weighted by Gasteiger charge is -2.19. The highest BCUT2D eigenvalue weighted by atomic mass is 35.5. The fraction of sp³-hybridized carbons (Fsp3) is 0.462. The number of esters is 1. The molecular formula is C13H18ClNO3. The fourth-order valence-corrected chi connectivity index (χ4v) is 1.92. The number of halogens is 1. The molecule has 0 fully saturated rings. The van der Waals surface area contributed by atoms with Crippen LogP contribution in [-0.2, 0) is 11.3 Å². The number of carbonyl (C=O) groups is 1. The lowest BCUT2D eigenvalue weighted by Crippen LogP contribution is -2.27. The Bertz CT molecular complexity index is 421. The molecule has 5 heteroatoms. The van der Waals surface area contributed by atoms with Crippen molar-refractivity contribution < 1.29 is 14.6 Å². The van der Waals surface area contributed by atoms with Crippen molar-refractivity contribution in [3.8, 4) is 0 Å². The smallest absolute Gasteiger partial charge is 0.337 e. The summed E-state index contributed by atoms with van der Waals surface area (Å²) in [5, 5.41) is 9.90. The van der Waals surface area contributed by atoms with Crippen LogP contribution in [0.4, 0.5) is 0 Å². The van der Waals surface area contributed by atoms with Gasteiger partial charge in [-0.25, -0.2) is 4.79 Å². The van der Waals surface area contributed by atoms with Crippen molar-refractivity contribution in [3.63, 3.8) is 0 Å². The van der Waals surface area contributed by atoms with Gasteiger partial charge in [0.25, 0.3) is 0 Å². The molecule has 1 aromatic carbocycles. The third-order valence-corrected chi connectivity index (χ3v) is 2.85. The van der Waals surface area contributed by atoms with Crippen LogP contribution in [0.2, 0.25) is 5.02 Å². The number of benzene rings is 1. The van der Waals surface area contributed by atoms with Crippen LogP contribution in [0.5, 0.6) is 0 Å². The fourth-order valence-electron chi connectivity index (χ4n) is 1.75. The molecule has 1 aromatic rings. The first-order valence-electron chi connectivity index (χ1n) is 5.67. The molecule has 0 heterocycles. The Kier molecular flexibility index (Phi) is 5.59. The number of aliphatic hydroxyl groups excluding tert-OH is 1. The van der Waals surface area contributed by atoms with Crippen LogP contribution in [0.3, 0.4) is 0 Å². The molecule has 4 nitrogen and oxygen atoms in total. The Morgan fingerprint density at radius 1 is 1.56 bits per heavy atom. The van der Waals surface area contributed by atoms with Gasteiger partial charge >= 0.3 is 5.97 Å². The molecule has 0 aliphatic carbocycles. The second-order valence-corrected chi connectivity index (χ2v) is 4.75. The minimum absolute atomic E-state index is 0.383. The summed E-state index contributed by atoms with van der Waals surface area (Å²) in [4.78, 5) is 13.4. The van der Waals surface area contributed by atoms with Crippen LogP contribution in [0.1, 0.15) is 22.8 Å². The van der Waals surface area contributed by atoms with E-state index < -0.39 is 6.10 Å². The Labute approximate surface area is 112 Å². The molecule has 100 valence electrons. The van der Waals surface area contributed by atoms with Gasteiger partial charge in [-0.3, -0.25) is 4.90 Å². The van der Waals surface area contributed by atoms with Crippen molar-refractivity contribution in [3.05, 3.63) is 34.3 Å². The molecular weight excluding hydrogens is 254 g/mol. The average Bonchev–Trinajstić information content (AvgIpc) is 2.30. The van der Waals surface area contributed by atoms with Gasteiger partial charge in [0.15, 0.2) is 0 Å². The summed E-state index contributed by atoms with van der Waals surface area (Å²) < 4.78 is 4.67. The van der Waals surface area contributed by atoms with Gasteiger partial charge in [0.05, 0.1) is 18.8 Å². The lowest BCUT2D eigenvalue weighted by atomic mass is 10.1. The quantitative estimate of drug-likeness (QED) is 0.832. The van der Waals surface area contributed by atoms with Gasteiger partial charge in [-0.1, -0.05) is 11.6 Å². The van der Waals surface area contributed by atoms with Gasteiger partial charge in [-0.15, -0.1) is 0 Å². The second-order valence-electron chi connectivity index (χ2n) is 4.34. The van der Waals surface area contributed by atoms with Crippen LogP contribution >= 0.6 is 11.6 Å². The van der Waals surface area contributed by atoms with Crippen LogP contribution in [0.25, 0.3) is 0 Å². The summed E-state index contributed by atoms with van der Waals surface area (Å²) in [5.74, 6) is -0.383. The van der Waals surface area contributed by atoms with Crippen molar-refractivity contribution in [2.24, 2.45) is 0 Å². The molecule has 18 heavy (non-hydrogen) atoms. The van der Waals surface area contributed by atoms with Gasteiger partial charge in [0.2, 0.25) is 0 Å². The van der Waals surface area contributed by atoms with Crippen molar-refractivity contribution >= 4 is 17.6 Å². The van der Waals surface area contributed by atoms with E-state index in [4.69, 9.17) is 11.6 Å². The summed E-state index contributed by atoms with van der Waals surface area (Å²) >= 11 is 6.08. The highest BCUT2D eigenvalue weighted by Crippen LogP contribution is 2.19. The molecule has 0 saturated heterocycles. The largest absolute Gasteiger partial charge is 0.465 e. The minimum Gasteiger partial charge on any atom is -0.465 e. The lowest BCUT2D eigenvalue weighted by molar-refractivity contribution is 0.0600. The van der Waals surface area contributed by atoms with Gasteiger partial charge in [0.1, 0.15) is 0 Å². The van der Waals surface area contributed by atoms with Gasteiger partial charge in [-0.2, -0.15) is 0 Å². The van der Waals surface area contributed by atoms with Gasteiger partial charge in [0, 0.05) is 18.1 Å². The number of hydrogen-bond donors (Lipinski definition) is 1. The molecule has 1 unspecified atom stereocenters. The molecule has 1 N–H and O–H groups in total. The van der Waals surface area contributed by atoms with Gasteiger partial charge < -0.3 is 9.84 Å². The second kappa shape index (κ2) is 6.73. The molecule has 0 bridgehead atoms. The summed E-state index contributed by atoms with van der Waals surface area (Å²) in [6.45, 7) is 2.83. The standard InChI is InChI=1S/C13H18ClNO3/c1-9(16)7-15(2)8-11-6-10(13(17)18-3)4-5-12(11)14/h4-6,9,16H,7-8H2,1-3H3. The molecule has 1 rings (SSSR count). The predicted molar refractivity (Wildman–Crippen MR) is 70.8 cm³/mol. The van der Waals surface area contributed by atoms with Crippen LogP contribution in [-0.4, -0.2) is 42.8 Å². The summed E-state index contributed by atoms with van der Waals surface area (Å²) in [7, 11) is 3.23. The third kappa shape index (κ3) is 4.29. The van der Waals surface area contributed by atoms with E-state index in [0.29, 0.717) is 23.7 Å². The first-order chi connectivity index (χ1) is 8.43. The molecule has 0 aliphatic heterocycles. The van der Waals surface area contributed by atoms with Crippen molar-refractivity contribution in [2.75, 3.05) is 20.7 Å². The maximum atomic E-state index is 11.4. The van der Waals surface area contributed by atoms with E-state index in [2.05, 4.69) is 4.74 Å². The molecule has 0 aromatic heterocycles. The zero-order chi connectivity index (χ0) is 13.7.